The van der Waals surface area contributed by atoms with Crippen molar-refractivity contribution in [2.24, 2.45) is 0 Å². The molecular formula is C19H20N4OS. The zero-order valence-corrected chi connectivity index (χ0v) is 15.0. The van der Waals surface area contributed by atoms with E-state index in [1.807, 2.05) is 67.8 Å². The van der Waals surface area contributed by atoms with Crippen LogP contribution in [-0.2, 0) is 11.2 Å². The monoisotopic (exact) mass is 352 g/mol. The molecule has 1 aromatic carbocycles. The number of hydrogen-bond acceptors (Lipinski definition) is 5. The number of thiazole rings is 1. The molecule has 128 valence electrons. The Morgan fingerprint density at radius 2 is 1.92 bits per heavy atom. The van der Waals surface area contributed by atoms with Crippen LogP contribution >= 0.6 is 11.3 Å². The summed E-state index contributed by atoms with van der Waals surface area (Å²) in [5, 5.41) is 8.80. The number of benzene rings is 1. The molecule has 0 aliphatic rings. The van der Waals surface area contributed by atoms with Gasteiger partial charge in [0.05, 0.1) is 18.2 Å². The van der Waals surface area contributed by atoms with Crippen molar-refractivity contribution in [1.82, 2.24) is 15.3 Å². The van der Waals surface area contributed by atoms with Gasteiger partial charge in [-0.1, -0.05) is 36.4 Å². The first-order chi connectivity index (χ1) is 12.1. The van der Waals surface area contributed by atoms with Gasteiger partial charge < -0.3 is 10.6 Å². The Bertz CT molecular complexity index is 847. The molecule has 5 nitrogen and oxygen atoms in total. The smallest absolute Gasteiger partial charge is 0.226 e. The summed E-state index contributed by atoms with van der Waals surface area (Å²) in [6, 6.07) is 15.7. The van der Waals surface area contributed by atoms with Crippen LogP contribution in [0.15, 0.2) is 53.9 Å². The van der Waals surface area contributed by atoms with Crippen LogP contribution in [0.2, 0.25) is 0 Å². The lowest BCUT2D eigenvalue weighted by Crippen LogP contribution is -2.28. The van der Waals surface area contributed by atoms with Crippen molar-refractivity contribution in [2.45, 2.75) is 26.3 Å². The van der Waals surface area contributed by atoms with Crippen LogP contribution in [0.4, 0.5) is 10.9 Å². The minimum Gasteiger partial charge on any atom is -0.349 e. The number of aryl methyl sites for hydroxylation is 1. The molecule has 1 amide bonds. The second-order valence-electron chi connectivity index (χ2n) is 5.81. The average Bonchev–Trinajstić information content (AvgIpc) is 3.02. The van der Waals surface area contributed by atoms with Crippen molar-refractivity contribution >= 4 is 28.2 Å². The maximum absolute atomic E-state index is 12.2. The third kappa shape index (κ3) is 4.87. The Morgan fingerprint density at radius 3 is 2.68 bits per heavy atom. The standard InChI is InChI=1S/C19H20N4OS/c1-13-7-6-10-17(20-13)23-19-22-16(12-25-19)11-18(24)21-14(2)15-8-4-3-5-9-15/h3-10,12,14H,11H2,1-2H3,(H,21,24)(H,20,22,23)/t14-/m0/s1. The number of rotatable bonds is 6. The van der Waals surface area contributed by atoms with E-state index in [0.717, 1.165) is 27.9 Å². The lowest BCUT2D eigenvalue weighted by atomic mass is 10.1. The van der Waals surface area contributed by atoms with Crippen LogP contribution < -0.4 is 10.6 Å². The summed E-state index contributed by atoms with van der Waals surface area (Å²) in [5.74, 6) is 0.713. The first-order valence-electron chi connectivity index (χ1n) is 8.09. The molecule has 0 spiro atoms. The summed E-state index contributed by atoms with van der Waals surface area (Å²) in [5.41, 5.74) is 2.77. The van der Waals surface area contributed by atoms with Gasteiger partial charge in [-0.25, -0.2) is 9.97 Å². The fraction of sp³-hybridized carbons (Fsp3) is 0.211. The van der Waals surface area contributed by atoms with E-state index in [1.54, 1.807) is 0 Å². The zero-order chi connectivity index (χ0) is 17.6. The molecule has 2 aromatic heterocycles. The van der Waals surface area contributed by atoms with Gasteiger partial charge in [-0.15, -0.1) is 11.3 Å². The van der Waals surface area contributed by atoms with Crippen LogP contribution in [0.25, 0.3) is 0 Å². The minimum absolute atomic E-state index is 0.0265. The van der Waals surface area contributed by atoms with Gasteiger partial charge >= 0.3 is 0 Å². The van der Waals surface area contributed by atoms with E-state index in [9.17, 15) is 4.79 Å². The molecule has 0 aliphatic carbocycles. The summed E-state index contributed by atoms with van der Waals surface area (Å²) in [6.45, 7) is 3.92. The van der Waals surface area contributed by atoms with Crippen LogP contribution in [0.3, 0.4) is 0 Å². The van der Waals surface area contributed by atoms with E-state index in [2.05, 4.69) is 20.6 Å². The maximum Gasteiger partial charge on any atom is 0.226 e. The Hall–Kier alpha value is -2.73. The molecule has 0 aliphatic heterocycles. The molecule has 2 heterocycles. The predicted molar refractivity (Wildman–Crippen MR) is 101 cm³/mol. The second kappa shape index (κ2) is 7.90. The molecule has 0 saturated carbocycles. The maximum atomic E-state index is 12.2. The first kappa shape index (κ1) is 17.1. The third-order valence-corrected chi connectivity index (χ3v) is 4.50. The van der Waals surface area contributed by atoms with Crippen molar-refractivity contribution in [3.05, 3.63) is 70.9 Å². The normalized spacial score (nSPS) is 11.8. The van der Waals surface area contributed by atoms with Crippen LogP contribution in [0.5, 0.6) is 0 Å². The largest absolute Gasteiger partial charge is 0.349 e. The minimum atomic E-state index is -0.0399. The summed E-state index contributed by atoms with van der Waals surface area (Å²) < 4.78 is 0. The highest BCUT2D eigenvalue weighted by Crippen LogP contribution is 2.20. The van der Waals surface area contributed by atoms with Gasteiger partial charge in [0, 0.05) is 11.1 Å². The topological polar surface area (TPSA) is 66.9 Å². The highest BCUT2D eigenvalue weighted by atomic mass is 32.1. The Kier molecular flexibility index (Phi) is 5.40. The number of carbonyl (C=O) groups is 1. The number of pyridine rings is 1. The Labute approximate surface area is 151 Å². The molecule has 0 unspecified atom stereocenters. The van der Waals surface area contributed by atoms with Crippen LogP contribution in [-0.4, -0.2) is 15.9 Å². The Balaban J connectivity index is 1.56. The molecule has 3 aromatic rings. The quantitative estimate of drug-likeness (QED) is 0.703. The lowest BCUT2D eigenvalue weighted by molar-refractivity contribution is -0.121. The van der Waals surface area contributed by atoms with Crippen molar-refractivity contribution < 1.29 is 4.79 Å². The fourth-order valence-corrected chi connectivity index (χ4v) is 3.17. The summed E-state index contributed by atoms with van der Waals surface area (Å²) in [6.07, 6.45) is 0.261. The Morgan fingerprint density at radius 1 is 1.12 bits per heavy atom. The summed E-state index contributed by atoms with van der Waals surface area (Å²) in [4.78, 5) is 21.1. The van der Waals surface area contributed by atoms with E-state index in [1.165, 1.54) is 11.3 Å². The molecule has 0 saturated heterocycles. The number of anilines is 2. The molecule has 3 rings (SSSR count). The highest BCUT2D eigenvalue weighted by Gasteiger charge is 2.12. The van der Waals surface area contributed by atoms with Crippen LogP contribution in [0.1, 0.15) is 29.9 Å². The molecular weight excluding hydrogens is 332 g/mol. The molecule has 0 bridgehead atoms. The molecule has 1 atom stereocenters. The van der Waals surface area contributed by atoms with E-state index < -0.39 is 0 Å². The van der Waals surface area contributed by atoms with E-state index in [-0.39, 0.29) is 18.4 Å². The van der Waals surface area contributed by atoms with Gasteiger partial charge in [0.15, 0.2) is 5.13 Å². The van der Waals surface area contributed by atoms with Gasteiger partial charge in [0.25, 0.3) is 0 Å². The fourth-order valence-electron chi connectivity index (χ4n) is 2.45. The van der Waals surface area contributed by atoms with Crippen LogP contribution in [0, 0.1) is 6.92 Å². The second-order valence-corrected chi connectivity index (χ2v) is 6.67. The van der Waals surface area contributed by atoms with E-state index in [4.69, 9.17) is 0 Å². The number of nitrogens with zero attached hydrogens (tertiary/aromatic N) is 2. The summed E-state index contributed by atoms with van der Waals surface area (Å²) in [7, 11) is 0. The number of hydrogen-bond donors (Lipinski definition) is 2. The average molecular weight is 352 g/mol. The van der Waals surface area contributed by atoms with Crippen molar-refractivity contribution in [2.75, 3.05) is 5.32 Å². The lowest BCUT2D eigenvalue weighted by Gasteiger charge is -2.13. The zero-order valence-electron chi connectivity index (χ0n) is 14.2. The third-order valence-electron chi connectivity index (χ3n) is 3.69. The number of amides is 1. The number of aromatic nitrogens is 2. The molecule has 2 N–H and O–H groups in total. The van der Waals surface area contributed by atoms with Gasteiger partial charge in [-0.2, -0.15) is 0 Å². The van der Waals surface area contributed by atoms with Gasteiger partial charge in [0.2, 0.25) is 5.91 Å². The molecule has 25 heavy (non-hydrogen) atoms. The molecule has 6 heteroatoms. The van der Waals surface area contributed by atoms with Gasteiger partial charge in [-0.3, -0.25) is 4.79 Å². The van der Waals surface area contributed by atoms with Crippen molar-refractivity contribution in [3.63, 3.8) is 0 Å². The summed E-state index contributed by atoms with van der Waals surface area (Å²) >= 11 is 1.47. The SMILES string of the molecule is Cc1cccc(Nc2nc(CC(=O)N[C@@H](C)c3ccccc3)cs2)n1. The van der Waals surface area contributed by atoms with Crippen molar-refractivity contribution in [1.29, 1.82) is 0 Å². The van der Waals surface area contributed by atoms with E-state index in [0.29, 0.717) is 0 Å². The number of carbonyl (C=O) groups excluding carboxylic acids is 1. The van der Waals surface area contributed by atoms with Crippen molar-refractivity contribution in [3.8, 4) is 0 Å². The highest BCUT2D eigenvalue weighted by molar-refractivity contribution is 7.13. The van der Waals surface area contributed by atoms with Gasteiger partial charge in [0.1, 0.15) is 5.82 Å². The molecule has 0 fully saturated rings. The number of nitrogens with one attached hydrogen (secondary N) is 2. The molecule has 0 radical (unpaired) electrons. The first-order valence-corrected chi connectivity index (χ1v) is 8.97. The predicted octanol–water partition coefficient (Wildman–Crippen LogP) is 4.01. The van der Waals surface area contributed by atoms with E-state index >= 15 is 0 Å². The van der Waals surface area contributed by atoms with Gasteiger partial charge in [-0.05, 0) is 31.5 Å².